The van der Waals surface area contributed by atoms with E-state index in [4.69, 9.17) is 4.74 Å². The molecule has 3 rings (SSSR count). The van der Waals surface area contributed by atoms with Crippen LogP contribution in [0.2, 0.25) is 0 Å². The number of phenolic OH excluding ortho intramolecular Hbond substituents is 1. The molecule has 0 aromatic heterocycles. The summed E-state index contributed by atoms with van der Waals surface area (Å²) in [7, 11) is -2.55. The third kappa shape index (κ3) is 5.32. The van der Waals surface area contributed by atoms with Gasteiger partial charge in [-0.25, -0.2) is 12.8 Å². The summed E-state index contributed by atoms with van der Waals surface area (Å²) in [6.07, 6.45) is 0. The van der Waals surface area contributed by atoms with Gasteiger partial charge in [-0.3, -0.25) is 9.52 Å². The zero-order valence-corrected chi connectivity index (χ0v) is 17.7. The number of aromatic hydroxyl groups is 1. The van der Waals surface area contributed by atoms with Crippen LogP contribution in [0, 0.1) is 12.7 Å². The molecule has 9 heteroatoms. The molecule has 0 radical (unpaired) electrons. The van der Waals surface area contributed by atoms with Crippen LogP contribution in [0.3, 0.4) is 0 Å². The molecule has 0 heterocycles. The quantitative estimate of drug-likeness (QED) is 0.517. The Morgan fingerprint density at radius 3 is 2.45 bits per heavy atom. The van der Waals surface area contributed by atoms with Gasteiger partial charge in [-0.05, 0) is 66.6 Å². The number of methoxy groups -OCH3 is 1. The standard InChI is InChI=1S/C22H21FN2O5S/c1-14-3-9-18(31(28,29)25-17-7-5-16(23)6-8-17)12-19(14)22(27)24-13-15-4-10-20(26)21(11-15)30-2/h3-12,25-26H,13H2,1-2H3,(H,24,27). The number of nitrogens with one attached hydrogen (secondary N) is 2. The molecule has 3 aromatic carbocycles. The molecule has 162 valence electrons. The molecule has 0 saturated heterocycles. The summed E-state index contributed by atoms with van der Waals surface area (Å²) in [6, 6.07) is 13.8. The Balaban J connectivity index is 1.78. The van der Waals surface area contributed by atoms with Gasteiger partial charge >= 0.3 is 0 Å². The maximum atomic E-state index is 13.0. The Bertz CT molecular complexity index is 1210. The third-order valence-corrected chi connectivity index (χ3v) is 5.94. The molecular formula is C22H21FN2O5S. The summed E-state index contributed by atoms with van der Waals surface area (Å²) < 4.78 is 45.8. The number of phenols is 1. The number of benzene rings is 3. The molecule has 0 atom stereocenters. The lowest BCUT2D eigenvalue weighted by atomic mass is 10.1. The van der Waals surface area contributed by atoms with Gasteiger partial charge in [0.05, 0.1) is 12.0 Å². The van der Waals surface area contributed by atoms with E-state index in [1.807, 2.05) is 0 Å². The van der Waals surface area contributed by atoms with E-state index in [2.05, 4.69) is 10.0 Å². The zero-order valence-electron chi connectivity index (χ0n) is 16.8. The van der Waals surface area contributed by atoms with E-state index in [0.29, 0.717) is 11.1 Å². The zero-order chi connectivity index (χ0) is 22.6. The van der Waals surface area contributed by atoms with E-state index in [1.165, 1.54) is 43.5 Å². The highest BCUT2D eigenvalue weighted by Gasteiger charge is 2.18. The number of aryl methyl sites for hydroxylation is 1. The van der Waals surface area contributed by atoms with Crippen LogP contribution < -0.4 is 14.8 Å². The van der Waals surface area contributed by atoms with Gasteiger partial charge in [0.2, 0.25) is 0 Å². The SMILES string of the molecule is COc1cc(CNC(=O)c2cc(S(=O)(=O)Nc3ccc(F)cc3)ccc2C)ccc1O. The predicted molar refractivity (Wildman–Crippen MR) is 114 cm³/mol. The predicted octanol–water partition coefficient (Wildman–Crippen LogP) is 3.58. The summed E-state index contributed by atoms with van der Waals surface area (Å²) >= 11 is 0. The second-order valence-electron chi connectivity index (χ2n) is 6.78. The van der Waals surface area contributed by atoms with Gasteiger partial charge in [0, 0.05) is 17.8 Å². The lowest BCUT2D eigenvalue weighted by Gasteiger charge is -2.12. The van der Waals surface area contributed by atoms with Gasteiger partial charge < -0.3 is 15.2 Å². The van der Waals surface area contributed by atoms with Gasteiger partial charge in [0.15, 0.2) is 11.5 Å². The fourth-order valence-corrected chi connectivity index (χ4v) is 3.94. The summed E-state index contributed by atoms with van der Waals surface area (Å²) in [5.74, 6) is -0.672. The topological polar surface area (TPSA) is 105 Å². The molecule has 3 N–H and O–H groups in total. The average Bonchev–Trinajstić information content (AvgIpc) is 2.74. The minimum absolute atomic E-state index is 0.0139. The molecule has 0 aliphatic heterocycles. The molecule has 7 nitrogen and oxygen atoms in total. The number of amides is 1. The summed E-state index contributed by atoms with van der Waals surface area (Å²) in [5.41, 5.74) is 1.70. The normalized spacial score (nSPS) is 11.1. The third-order valence-electron chi connectivity index (χ3n) is 4.56. The van der Waals surface area contributed by atoms with Crippen LogP contribution in [0.15, 0.2) is 65.6 Å². The van der Waals surface area contributed by atoms with E-state index < -0.39 is 21.7 Å². The van der Waals surface area contributed by atoms with Crippen molar-refractivity contribution in [1.82, 2.24) is 5.32 Å². The van der Waals surface area contributed by atoms with Crippen molar-refractivity contribution >= 4 is 21.6 Å². The molecule has 0 unspecified atom stereocenters. The molecule has 0 bridgehead atoms. The molecule has 0 fully saturated rings. The first-order valence-electron chi connectivity index (χ1n) is 9.23. The second-order valence-corrected chi connectivity index (χ2v) is 8.46. The van der Waals surface area contributed by atoms with E-state index in [-0.39, 0.29) is 34.2 Å². The first kappa shape index (κ1) is 22.1. The fourth-order valence-electron chi connectivity index (χ4n) is 2.85. The first-order chi connectivity index (χ1) is 14.7. The van der Waals surface area contributed by atoms with Crippen molar-refractivity contribution in [2.75, 3.05) is 11.8 Å². The van der Waals surface area contributed by atoms with Gasteiger partial charge in [-0.15, -0.1) is 0 Å². The van der Waals surface area contributed by atoms with Crippen LogP contribution in [0.5, 0.6) is 11.5 Å². The van der Waals surface area contributed by atoms with E-state index in [9.17, 15) is 22.7 Å². The van der Waals surface area contributed by atoms with Gasteiger partial charge in [-0.1, -0.05) is 12.1 Å². The number of hydrogen-bond acceptors (Lipinski definition) is 5. The number of sulfonamides is 1. The molecule has 31 heavy (non-hydrogen) atoms. The number of hydrogen-bond donors (Lipinski definition) is 3. The largest absolute Gasteiger partial charge is 0.504 e. The highest BCUT2D eigenvalue weighted by atomic mass is 32.2. The lowest BCUT2D eigenvalue weighted by Crippen LogP contribution is -2.24. The molecule has 3 aromatic rings. The molecule has 0 aliphatic carbocycles. The van der Waals surface area contributed by atoms with Crippen molar-refractivity contribution in [3.63, 3.8) is 0 Å². The summed E-state index contributed by atoms with van der Waals surface area (Å²) in [5, 5.41) is 12.4. The number of halogens is 1. The van der Waals surface area contributed by atoms with Gasteiger partial charge in [-0.2, -0.15) is 0 Å². The smallest absolute Gasteiger partial charge is 0.261 e. The van der Waals surface area contributed by atoms with Gasteiger partial charge in [0.1, 0.15) is 5.82 Å². The molecule has 0 aliphatic rings. The van der Waals surface area contributed by atoms with Crippen molar-refractivity contribution in [3.05, 3.63) is 83.2 Å². The Hall–Kier alpha value is -3.59. The van der Waals surface area contributed by atoms with Crippen LogP contribution in [0.25, 0.3) is 0 Å². The Kier molecular flexibility index (Phi) is 6.45. The van der Waals surface area contributed by atoms with Crippen LogP contribution in [0.1, 0.15) is 21.5 Å². The number of carbonyl (C=O) groups excluding carboxylic acids is 1. The monoisotopic (exact) mass is 444 g/mol. The van der Waals surface area contributed by atoms with Crippen molar-refractivity contribution in [1.29, 1.82) is 0 Å². The highest BCUT2D eigenvalue weighted by Crippen LogP contribution is 2.26. The Labute approximate surface area is 179 Å². The second kappa shape index (κ2) is 9.05. The van der Waals surface area contributed by atoms with Crippen molar-refractivity contribution in [2.45, 2.75) is 18.4 Å². The number of ether oxygens (including phenoxy) is 1. The Morgan fingerprint density at radius 1 is 1.06 bits per heavy atom. The minimum Gasteiger partial charge on any atom is -0.504 e. The molecule has 1 amide bonds. The maximum absolute atomic E-state index is 13.0. The molecular weight excluding hydrogens is 423 g/mol. The number of anilines is 1. The first-order valence-corrected chi connectivity index (χ1v) is 10.7. The summed E-state index contributed by atoms with van der Waals surface area (Å²) in [6.45, 7) is 1.85. The molecule has 0 saturated carbocycles. The molecule has 0 spiro atoms. The highest BCUT2D eigenvalue weighted by molar-refractivity contribution is 7.92. The van der Waals surface area contributed by atoms with Crippen LogP contribution >= 0.6 is 0 Å². The van der Waals surface area contributed by atoms with Crippen LogP contribution in [-0.2, 0) is 16.6 Å². The number of rotatable bonds is 7. The van der Waals surface area contributed by atoms with Crippen LogP contribution in [-0.4, -0.2) is 26.5 Å². The average molecular weight is 444 g/mol. The fraction of sp³-hybridized carbons (Fsp3) is 0.136. The van der Waals surface area contributed by atoms with E-state index in [1.54, 1.807) is 19.1 Å². The van der Waals surface area contributed by atoms with Crippen molar-refractivity contribution in [3.8, 4) is 11.5 Å². The van der Waals surface area contributed by atoms with Gasteiger partial charge in [0.25, 0.3) is 15.9 Å². The number of carbonyl (C=O) groups is 1. The lowest BCUT2D eigenvalue weighted by molar-refractivity contribution is 0.0950. The van der Waals surface area contributed by atoms with Crippen molar-refractivity contribution < 1.29 is 27.4 Å². The minimum atomic E-state index is -3.98. The van der Waals surface area contributed by atoms with E-state index in [0.717, 1.165) is 12.1 Å². The summed E-state index contributed by atoms with van der Waals surface area (Å²) in [4.78, 5) is 12.6. The van der Waals surface area contributed by atoms with Crippen molar-refractivity contribution in [2.24, 2.45) is 0 Å². The maximum Gasteiger partial charge on any atom is 0.261 e. The van der Waals surface area contributed by atoms with E-state index >= 15 is 0 Å². The van der Waals surface area contributed by atoms with Crippen LogP contribution in [0.4, 0.5) is 10.1 Å². The Morgan fingerprint density at radius 2 is 1.77 bits per heavy atom.